The van der Waals surface area contributed by atoms with E-state index in [4.69, 9.17) is 9.47 Å². The predicted octanol–water partition coefficient (Wildman–Crippen LogP) is 3.90. The monoisotopic (exact) mass is 416 g/mol. The van der Waals surface area contributed by atoms with Crippen molar-refractivity contribution < 1.29 is 14.3 Å². The molecule has 1 heterocycles. The van der Waals surface area contributed by atoms with Gasteiger partial charge in [-0.3, -0.25) is 9.69 Å². The van der Waals surface area contributed by atoms with Gasteiger partial charge in [-0.2, -0.15) is 0 Å². The fraction of sp³-hybridized carbons (Fsp3) is 0.269. The number of hydrogen-bond acceptors (Lipinski definition) is 4. The van der Waals surface area contributed by atoms with Crippen molar-refractivity contribution in [2.24, 2.45) is 0 Å². The first kappa shape index (κ1) is 21.1. The maximum absolute atomic E-state index is 12.9. The Morgan fingerprint density at radius 2 is 1.68 bits per heavy atom. The molecule has 1 amide bonds. The summed E-state index contributed by atoms with van der Waals surface area (Å²) in [6.07, 6.45) is -0.0193. The average Bonchev–Trinajstić information content (AvgIpc) is 2.83. The molecule has 1 aliphatic rings. The lowest BCUT2D eigenvalue weighted by Gasteiger charge is -2.33. The van der Waals surface area contributed by atoms with Crippen LogP contribution in [0.15, 0.2) is 84.9 Å². The lowest BCUT2D eigenvalue weighted by Crippen LogP contribution is -2.47. The zero-order valence-electron chi connectivity index (χ0n) is 17.6. The van der Waals surface area contributed by atoms with Crippen LogP contribution in [0.1, 0.15) is 21.5 Å². The number of rotatable bonds is 8. The van der Waals surface area contributed by atoms with Crippen molar-refractivity contribution in [1.82, 2.24) is 10.2 Å². The zero-order valence-corrected chi connectivity index (χ0v) is 17.6. The van der Waals surface area contributed by atoms with Crippen LogP contribution in [-0.4, -0.2) is 43.2 Å². The topological polar surface area (TPSA) is 50.8 Å². The van der Waals surface area contributed by atoms with Crippen LogP contribution in [0.4, 0.5) is 0 Å². The van der Waals surface area contributed by atoms with Crippen LogP contribution in [0.2, 0.25) is 0 Å². The van der Waals surface area contributed by atoms with Crippen LogP contribution >= 0.6 is 0 Å². The van der Waals surface area contributed by atoms with Gasteiger partial charge in [-0.15, -0.1) is 0 Å². The highest BCUT2D eigenvalue weighted by Crippen LogP contribution is 2.15. The quantitative estimate of drug-likeness (QED) is 0.605. The second-order valence-corrected chi connectivity index (χ2v) is 7.68. The van der Waals surface area contributed by atoms with E-state index >= 15 is 0 Å². The van der Waals surface area contributed by atoms with Crippen molar-refractivity contribution in [3.05, 3.63) is 102 Å². The minimum absolute atomic E-state index is 0.0193. The Hall–Kier alpha value is -3.15. The third kappa shape index (κ3) is 6.17. The smallest absolute Gasteiger partial charge is 0.251 e. The Morgan fingerprint density at radius 3 is 2.48 bits per heavy atom. The molecule has 5 nitrogen and oxygen atoms in total. The number of ether oxygens (including phenoxy) is 2. The van der Waals surface area contributed by atoms with Gasteiger partial charge < -0.3 is 14.8 Å². The molecule has 1 fully saturated rings. The molecule has 1 N–H and O–H groups in total. The molecule has 160 valence electrons. The van der Waals surface area contributed by atoms with Gasteiger partial charge in [0.2, 0.25) is 0 Å². The van der Waals surface area contributed by atoms with Crippen LogP contribution in [-0.2, 0) is 17.9 Å². The van der Waals surface area contributed by atoms with E-state index in [2.05, 4.69) is 34.5 Å². The minimum Gasteiger partial charge on any atom is -0.489 e. The van der Waals surface area contributed by atoms with Gasteiger partial charge in [0.1, 0.15) is 12.4 Å². The normalized spacial score (nSPS) is 16.6. The third-order valence-electron chi connectivity index (χ3n) is 5.36. The predicted molar refractivity (Wildman–Crippen MR) is 121 cm³/mol. The Morgan fingerprint density at radius 1 is 0.968 bits per heavy atom. The summed E-state index contributed by atoms with van der Waals surface area (Å²) in [6.45, 7) is 4.10. The SMILES string of the molecule is O=C(NCC1CN(Cc2ccccc2)CCO1)c1ccccc1COc1ccccc1. The summed E-state index contributed by atoms with van der Waals surface area (Å²) in [6, 6.07) is 27.6. The van der Waals surface area contributed by atoms with E-state index in [0.717, 1.165) is 30.9 Å². The Kier molecular flexibility index (Phi) is 7.32. The van der Waals surface area contributed by atoms with Crippen LogP contribution in [0.25, 0.3) is 0 Å². The summed E-state index contributed by atoms with van der Waals surface area (Å²) in [5, 5.41) is 3.05. The lowest BCUT2D eigenvalue weighted by molar-refractivity contribution is -0.0292. The first-order valence-corrected chi connectivity index (χ1v) is 10.7. The maximum atomic E-state index is 12.9. The second-order valence-electron chi connectivity index (χ2n) is 7.68. The molecule has 0 aliphatic carbocycles. The highest BCUT2D eigenvalue weighted by atomic mass is 16.5. The van der Waals surface area contributed by atoms with Crippen molar-refractivity contribution in [2.75, 3.05) is 26.2 Å². The molecule has 3 aromatic rings. The van der Waals surface area contributed by atoms with Crippen molar-refractivity contribution >= 4 is 5.91 Å². The summed E-state index contributed by atoms with van der Waals surface area (Å²) in [5.74, 6) is 0.683. The molecule has 1 saturated heterocycles. The molecule has 4 rings (SSSR count). The molecule has 31 heavy (non-hydrogen) atoms. The lowest BCUT2D eigenvalue weighted by atomic mass is 10.1. The summed E-state index contributed by atoms with van der Waals surface area (Å²) < 4.78 is 11.7. The largest absolute Gasteiger partial charge is 0.489 e. The van der Waals surface area contributed by atoms with E-state index in [0.29, 0.717) is 25.3 Å². The number of hydrogen-bond donors (Lipinski definition) is 1. The number of nitrogens with one attached hydrogen (secondary N) is 1. The van der Waals surface area contributed by atoms with Gasteiger partial charge in [0.15, 0.2) is 0 Å². The van der Waals surface area contributed by atoms with E-state index < -0.39 is 0 Å². The van der Waals surface area contributed by atoms with E-state index in [1.165, 1.54) is 5.56 Å². The van der Waals surface area contributed by atoms with Gasteiger partial charge in [0.25, 0.3) is 5.91 Å². The summed E-state index contributed by atoms with van der Waals surface area (Å²) >= 11 is 0. The second kappa shape index (κ2) is 10.8. The van der Waals surface area contributed by atoms with Gasteiger partial charge in [0.05, 0.1) is 12.7 Å². The molecule has 1 atom stereocenters. The summed E-state index contributed by atoms with van der Waals surface area (Å²) in [7, 11) is 0. The first-order chi connectivity index (χ1) is 15.3. The fourth-order valence-corrected chi connectivity index (χ4v) is 3.74. The van der Waals surface area contributed by atoms with Gasteiger partial charge in [-0.05, 0) is 23.8 Å². The van der Waals surface area contributed by atoms with Crippen molar-refractivity contribution in [2.45, 2.75) is 19.3 Å². The molecular formula is C26H28N2O3. The molecule has 3 aromatic carbocycles. The number of benzene rings is 3. The van der Waals surface area contributed by atoms with Crippen molar-refractivity contribution in [1.29, 1.82) is 0 Å². The molecule has 1 unspecified atom stereocenters. The molecule has 5 heteroatoms. The van der Waals surface area contributed by atoms with Gasteiger partial charge in [0, 0.05) is 37.3 Å². The number of para-hydroxylation sites is 1. The Balaban J connectivity index is 1.30. The van der Waals surface area contributed by atoms with Crippen LogP contribution in [0.5, 0.6) is 5.75 Å². The van der Waals surface area contributed by atoms with Gasteiger partial charge in [-0.25, -0.2) is 0 Å². The van der Waals surface area contributed by atoms with Gasteiger partial charge >= 0.3 is 0 Å². The molecule has 0 saturated carbocycles. The van der Waals surface area contributed by atoms with E-state index in [1.54, 1.807) is 0 Å². The van der Waals surface area contributed by atoms with Crippen LogP contribution < -0.4 is 10.1 Å². The molecule has 1 aliphatic heterocycles. The molecule has 0 aromatic heterocycles. The number of carbonyl (C=O) groups excluding carboxylic acids is 1. The maximum Gasteiger partial charge on any atom is 0.251 e. The summed E-state index contributed by atoms with van der Waals surface area (Å²) in [4.78, 5) is 15.2. The standard InChI is InChI=1S/C26H28N2O3/c29-26(25-14-8-7-11-22(25)20-31-23-12-5-2-6-13-23)27-17-24-19-28(15-16-30-24)18-21-9-3-1-4-10-21/h1-14,24H,15-20H2,(H,27,29). The fourth-order valence-electron chi connectivity index (χ4n) is 3.74. The van der Waals surface area contributed by atoms with Gasteiger partial charge in [-0.1, -0.05) is 66.7 Å². The van der Waals surface area contributed by atoms with E-state index in [9.17, 15) is 4.79 Å². The zero-order chi connectivity index (χ0) is 21.3. The first-order valence-electron chi connectivity index (χ1n) is 10.7. The number of carbonyl (C=O) groups is 1. The molecule has 0 bridgehead atoms. The molecule has 0 spiro atoms. The Labute approximate surface area is 183 Å². The van der Waals surface area contributed by atoms with Crippen LogP contribution in [0.3, 0.4) is 0 Å². The highest BCUT2D eigenvalue weighted by molar-refractivity contribution is 5.95. The Bertz CT molecular complexity index is 963. The minimum atomic E-state index is -0.101. The van der Waals surface area contributed by atoms with E-state index in [-0.39, 0.29) is 12.0 Å². The molecular weight excluding hydrogens is 388 g/mol. The van der Waals surface area contributed by atoms with Crippen molar-refractivity contribution in [3.63, 3.8) is 0 Å². The highest BCUT2D eigenvalue weighted by Gasteiger charge is 2.21. The summed E-state index contributed by atoms with van der Waals surface area (Å²) in [5.41, 5.74) is 2.79. The van der Waals surface area contributed by atoms with Crippen LogP contribution in [0, 0.1) is 0 Å². The average molecular weight is 417 g/mol. The number of nitrogens with zero attached hydrogens (tertiary/aromatic N) is 1. The number of amides is 1. The van der Waals surface area contributed by atoms with E-state index in [1.807, 2.05) is 60.7 Å². The van der Waals surface area contributed by atoms with Crippen molar-refractivity contribution in [3.8, 4) is 5.75 Å². The third-order valence-corrected chi connectivity index (χ3v) is 5.36. The number of morpholine rings is 1. The molecule has 0 radical (unpaired) electrons.